The van der Waals surface area contributed by atoms with Crippen LogP contribution in [0.15, 0.2) is 41.1 Å². The van der Waals surface area contributed by atoms with Gasteiger partial charge in [-0.1, -0.05) is 18.2 Å². The molecular weight excluding hydrogens is 308 g/mol. The van der Waals surface area contributed by atoms with Crippen LogP contribution < -0.4 is 15.4 Å². The van der Waals surface area contributed by atoms with Crippen LogP contribution in [0.3, 0.4) is 0 Å². The third kappa shape index (κ3) is 4.56. The van der Waals surface area contributed by atoms with Crippen molar-refractivity contribution in [2.45, 2.75) is 25.4 Å². The van der Waals surface area contributed by atoms with Gasteiger partial charge in [0, 0.05) is 30.5 Å². The van der Waals surface area contributed by atoms with E-state index in [0.717, 1.165) is 50.2 Å². The summed E-state index contributed by atoms with van der Waals surface area (Å²) in [6.07, 6.45) is 3.25. The average molecular weight is 330 g/mol. The molecule has 2 N–H and O–H groups in total. The standard InChI is InChI=1S/C18H22N2O2S/c21-18(15-7-10-23-13-15)20-9-4-3-8-19-12-16-11-14-5-1-2-6-17(14)22-16/h1-2,5-7,10,13,16,19H,3-4,8-9,11-12H2,(H,20,21). The molecule has 1 amide bonds. The van der Waals surface area contributed by atoms with Gasteiger partial charge in [-0.15, -0.1) is 0 Å². The molecule has 122 valence electrons. The lowest BCUT2D eigenvalue weighted by molar-refractivity contribution is 0.0953. The van der Waals surface area contributed by atoms with Crippen molar-refractivity contribution in [3.05, 3.63) is 52.2 Å². The summed E-state index contributed by atoms with van der Waals surface area (Å²) in [5, 5.41) is 10.2. The summed E-state index contributed by atoms with van der Waals surface area (Å²) in [5.41, 5.74) is 2.06. The van der Waals surface area contributed by atoms with Gasteiger partial charge < -0.3 is 15.4 Å². The second-order valence-corrected chi connectivity index (χ2v) is 6.51. The molecule has 2 aromatic rings. The topological polar surface area (TPSA) is 50.4 Å². The van der Waals surface area contributed by atoms with Crippen molar-refractivity contribution >= 4 is 17.2 Å². The monoisotopic (exact) mass is 330 g/mol. The molecule has 4 nitrogen and oxygen atoms in total. The van der Waals surface area contributed by atoms with Crippen LogP contribution in [-0.4, -0.2) is 31.6 Å². The summed E-state index contributed by atoms with van der Waals surface area (Å²) in [4.78, 5) is 11.7. The van der Waals surface area contributed by atoms with E-state index in [2.05, 4.69) is 22.8 Å². The molecule has 1 atom stereocenters. The molecule has 0 radical (unpaired) electrons. The summed E-state index contributed by atoms with van der Waals surface area (Å²) >= 11 is 1.54. The van der Waals surface area contributed by atoms with Gasteiger partial charge in [-0.2, -0.15) is 11.3 Å². The molecule has 1 aromatic carbocycles. The Morgan fingerprint density at radius 3 is 2.91 bits per heavy atom. The van der Waals surface area contributed by atoms with E-state index in [1.165, 1.54) is 5.56 Å². The number of unbranched alkanes of at least 4 members (excludes halogenated alkanes) is 1. The Kier molecular flexibility index (Phi) is 5.66. The highest BCUT2D eigenvalue weighted by atomic mass is 32.1. The molecule has 1 unspecified atom stereocenters. The molecule has 3 rings (SSSR count). The highest BCUT2D eigenvalue weighted by molar-refractivity contribution is 7.08. The number of hydrogen-bond acceptors (Lipinski definition) is 4. The largest absolute Gasteiger partial charge is 0.488 e. The van der Waals surface area contributed by atoms with E-state index >= 15 is 0 Å². The second kappa shape index (κ2) is 8.13. The van der Waals surface area contributed by atoms with Crippen LogP contribution in [0, 0.1) is 0 Å². The molecule has 0 spiro atoms. The van der Waals surface area contributed by atoms with E-state index < -0.39 is 0 Å². The van der Waals surface area contributed by atoms with Crippen molar-refractivity contribution in [3.8, 4) is 5.75 Å². The molecule has 0 aliphatic carbocycles. The van der Waals surface area contributed by atoms with Gasteiger partial charge >= 0.3 is 0 Å². The van der Waals surface area contributed by atoms with Crippen molar-refractivity contribution in [2.75, 3.05) is 19.6 Å². The molecule has 0 bridgehead atoms. The summed E-state index contributed by atoms with van der Waals surface area (Å²) in [6, 6.07) is 10.1. The number of hydrogen-bond donors (Lipinski definition) is 2. The number of para-hydroxylation sites is 1. The van der Waals surface area contributed by atoms with Crippen LogP contribution in [0.5, 0.6) is 5.75 Å². The lowest BCUT2D eigenvalue weighted by atomic mass is 10.1. The van der Waals surface area contributed by atoms with Crippen molar-refractivity contribution in [1.82, 2.24) is 10.6 Å². The first-order chi connectivity index (χ1) is 11.3. The highest BCUT2D eigenvalue weighted by Crippen LogP contribution is 2.27. The molecule has 0 fully saturated rings. The maximum absolute atomic E-state index is 11.7. The zero-order valence-corrected chi connectivity index (χ0v) is 13.9. The number of amides is 1. The van der Waals surface area contributed by atoms with Crippen LogP contribution in [0.25, 0.3) is 0 Å². The van der Waals surface area contributed by atoms with Crippen LogP contribution >= 0.6 is 11.3 Å². The van der Waals surface area contributed by atoms with Gasteiger partial charge in [0.2, 0.25) is 0 Å². The molecule has 0 saturated carbocycles. The zero-order valence-electron chi connectivity index (χ0n) is 13.1. The molecule has 23 heavy (non-hydrogen) atoms. The van der Waals surface area contributed by atoms with Gasteiger partial charge in [-0.3, -0.25) is 4.79 Å². The summed E-state index contributed by atoms with van der Waals surface area (Å²) in [7, 11) is 0. The fourth-order valence-corrected chi connectivity index (χ4v) is 3.34. The minimum atomic E-state index is 0.0244. The number of thiophene rings is 1. The predicted molar refractivity (Wildman–Crippen MR) is 93.3 cm³/mol. The number of benzene rings is 1. The smallest absolute Gasteiger partial charge is 0.252 e. The van der Waals surface area contributed by atoms with E-state index in [9.17, 15) is 4.79 Å². The van der Waals surface area contributed by atoms with Gasteiger partial charge in [0.15, 0.2) is 0 Å². The minimum Gasteiger partial charge on any atom is -0.488 e. The first-order valence-corrected chi connectivity index (χ1v) is 9.03. The molecule has 1 aliphatic heterocycles. The predicted octanol–water partition coefficient (Wildman–Crippen LogP) is 2.85. The van der Waals surface area contributed by atoms with E-state index in [-0.39, 0.29) is 12.0 Å². The van der Waals surface area contributed by atoms with Crippen molar-refractivity contribution < 1.29 is 9.53 Å². The molecule has 1 aliphatic rings. The van der Waals surface area contributed by atoms with Gasteiger partial charge in [-0.25, -0.2) is 0 Å². The number of carbonyl (C=O) groups is 1. The van der Waals surface area contributed by atoms with Crippen LogP contribution in [-0.2, 0) is 6.42 Å². The normalized spacial score (nSPS) is 15.9. The fourth-order valence-electron chi connectivity index (χ4n) is 2.70. The Morgan fingerprint density at radius 2 is 2.09 bits per heavy atom. The number of ether oxygens (including phenoxy) is 1. The second-order valence-electron chi connectivity index (χ2n) is 5.73. The molecule has 2 heterocycles. The Morgan fingerprint density at radius 1 is 1.22 bits per heavy atom. The van der Waals surface area contributed by atoms with E-state index in [0.29, 0.717) is 0 Å². The third-order valence-electron chi connectivity index (χ3n) is 3.94. The van der Waals surface area contributed by atoms with Gasteiger partial charge in [0.05, 0.1) is 0 Å². The van der Waals surface area contributed by atoms with Gasteiger partial charge in [0.1, 0.15) is 11.9 Å². The van der Waals surface area contributed by atoms with Gasteiger partial charge in [0.25, 0.3) is 5.91 Å². The van der Waals surface area contributed by atoms with E-state index in [1.807, 2.05) is 29.0 Å². The average Bonchev–Trinajstić information content (AvgIpc) is 3.22. The lowest BCUT2D eigenvalue weighted by Crippen LogP contribution is -2.31. The summed E-state index contributed by atoms with van der Waals surface area (Å²) in [5.74, 6) is 1.05. The Labute approximate surface area is 140 Å². The third-order valence-corrected chi connectivity index (χ3v) is 4.62. The Hall–Kier alpha value is -1.85. The van der Waals surface area contributed by atoms with Crippen molar-refractivity contribution in [3.63, 3.8) is 0 Å². The van der Waals surface area contributed by atoms with Crippen LogP contribution in [0.1, 0.15) is 28.8 Å². The quantitative estimate of drug-likeness (QED) is 0.732. The number of nitrogens with one attached hydrogen (secondary N) is 2. The molecule has 5 heteroatoms. The number of rotatable bonds is 8. The number of fused-ring (bicyclic) bond motifs is 1. The first kappa shape index (κ1) is 16.0. The van der Waals surface area contributed by atoms with E-state index in [1.54, 1.807) is 11.3 Å². The molecule has 0 saturated heterocycles. The Balaban J connectivity index is 1.22. The van der Waals surface area contributed by atoms with Gasteiger partial charge in [-0.05, 0) is 42.5 Å². The fraction of sp³-hybridized carbons (Fsp3) is 0.389. The van der Waals surface area contributed by atoms with E-state index in [4.69, 9.17) is 4.74 Å². The highest BCUT2D eigenvalue weighted by Gasteiger charge is 2.21. The summed E-state index contributed by atoms with van der Waals surface area (Å²) < 4.78 is 5.89. The van der Waals surface area contributed by atoms with Crippen LogP contribution in [0.2, 0.25) is 0 Å². The molecular formula is C18H22N2O2S. The molecule has 1 aromatic heterocycles. The SMILES string of the molecule is O=C(NCCCCNCC1Cc2ccccc2O1)c1ccsc1. The summed E-state index contributed by atoms with van der Waals surface area (Å²) in [6.45, 7) is 2.54. The van der Waals surface area contributed by atoms with Crippen LogP contribution in [0.4, 0.5) is 0 Å². The maximum Gasteiger partial charge on any atom is 0.252 e. The minimum absolute atomic E-state index is 0.0244. The van der Waals surface area contributed by atoms with Crippen molar-refractivity contribution in [1.29, 1.82) is 0 Å². The zero-order chi connectivity index (χ0) is 15.9. The maximum atomic E-state index is 11.7. The van der Waals surface area contributed by atoms with Crippen molar-refractivity contribution in [2.24, 2.45) is 0 Å². The number of carbonyl (C=O) groups excluding carboxylic acids is 1. The Bertz CT molecular complexity index is 603. The lowest BCUT2D eigenvalue weighted by Gasteiger charge is -2.11. The first-order valence-electron chi connectivity index (χ1n) is 8.08.